The van der Waals surface area contributed by atoms with E-state index in [1.807, 2.05) is 24.3 Å². The van der Waals surface area contributed by atoms with E-state index in [0.717, 1.165) is 105 Å². The van der Waals surface area contributed by atoms with E-state index in [4.69, 9.17) is 92.3 Å². The van der Waals surface area contributed by atoms with Crippen molar-refractivity contribution in [2.45, 2.75) is 170 Å². The fraction of sp³-hybridized carbons (Fsp3) is 0.345. The Hall–Kier alpha value is -13.6. The lowest BCUT2D eigenvalue weighted by Crippen LogP contribution is -2.42. The van der Waals surface area contributed by atoms with Gasteiger partial charge in [0.15, 0.2) is 54.9 Å². The van der Waals surface area contributed by atoms with Crippen LogP contribution in [-0.2, 0) is 32.0 Å². The number of rotatable bonds is 23. The number of nitrogens with zero attached hydrogens (tertiary/aromatic N) is 13. The van der Waals surface area contributed by atoms with Crippen LogP contribution < -0.4 is 36.7 Å². The second-order valence-corrected chi connectivity index (χ2v) is 30.7. The monoisotopic (exact) mass is 1800 g/mol. The van der Waals surface area contributed by atoms with Gasteiger partial charge in [0, 0.05) is 35.2 Å². The Morgan fingerprint density at radius 3 is 1.46 bits per heavy atom. The highest BCUT2D eigenvalue weighted by Gasteiger charge is 2.46. The molecule has 2 aliphatic carbocycles. The Bertz CT molecular complexity index is 5840. The van der Waals surface area contributed by atoms with Gasteiger partial charge in [-0.2, -0.15) is 0 Å². The molecule has 3 saturated heterocycles. The van der Waals surface area contributed by atoms with Crippen LogP contribution in [0.5, 0.6) is 17.2 Å². The summed E-state index contributed by atoms with van der Waals surface area (Å²) in [5.74, 6) is -4.14. The van der Waals surface area contributed by atoms with Gasteiger partial charge in [-0.3, -0.25) is 19.8 Å². The van der Waals surface area contributed by atoms with E-state index in [0.29, 0.717) is 61.7 Å². The van der Waals surface area contributed by atoms with Crippen LogP contribution in [0.1, 0.15) is 164 Å². The molecule has 17 rings (SSSR count). The quantitative estimate of drug-likeness (QED) is 0.0299. The number of aliphatic hydroxyl groups is 9. The number of nitrogens with two attached hydrogens (primary N) is 3. The number of hydrogen-bond acceptors (Lipinski definition) is 31. The number of methoxy groups -OCH3 is 2. The van der Waals surface area contributed by atoms with Gasteiger partial charge in [-0.05, 0) is 139 Å². The summed E-state index contributed by atoms with van der Waals surface area (Å²) in [6.07, 6.45) is 1.59. The summed E-state index contributed by atoms with van der Waals surface area (Å²) in [6.45, 7) is 0.0103. The number of amidine groups is 1. The standard InChI is InChI=1S/C34H28ClFN2O5.C29H31N3O6.C7H11N5O4.2C7H10N4O5/c35-24-10-6-20(7-11-24)27-13-8-21(33(39)40)16-23(27)19-43-26-12-14-28(29(36)18-26)32-37-30-17-22(34(41)42)9-15-31(30)38(32)25-4-2-1-3-5-25;1-36-25-11-8-18(15-26(25)37-2)14-23(29(34)35)31-28(33)19-9-10-24-22(16-19)30-27(20-12-13-38-17-20)32(24)21-6-4-3-5-7-21;8-4(9)5-10-1-12(11-5)6-2(13)3(14)7(15)16-6;2*8-4(14)5-9-1-11(10-5)6-2(12)3(13)7(15)16-6/h6-18,25H,1-5,19H2,(H,39,40)(H,41,42);8-13,15-17,21,23H,3-7,14H2,1-2H3,(H,31,33)(H,34,35);1-3,6-7,13-15H,(H3,8,9);2*1-3,6-7,12-13,15H,(H2,8,14)/t;;3*2-,3+,6-,7+/m..110/s1. The molecule has 680 valence electrons. The maximum atomic E-state index is 15.8. The summed E-state index contributed by atoms with van der Waals surface area (Å²) < 4.78 is 59.6. The number of nitrogen functional groups attached to an aromatic ring is 1. The van der Waals surface area contributed by atoms with Gasteiger partial charge in [0.05, 0.1) is 64.8 Å². The second-order valence-electron chi connectivity index (χ2n) is 30.3. The molecular formula is C84H90ClFN18O25. The SMILES string of the molecule is COc1ccc(CC(NC(=O)c2ccc3c(c2)nc(-c2ccoc2)n3C2CCCCC2)C(=O)O)cc1OC.N=C(N)c1ncn([C@@H]2O[C@H](O)[C@@H](O)[C@H]2O)n1.NC(=O)c1ncn([C@@H]2O[C@H](O)[C@@H](O)[C@H]2O)n1.NC(=O)c1ncn([C@H]2O[C@@H](O)[C@H](O)[C@@H]2O)n1.O=C(O)c1ccc(-c2ccc(Cl)cc2)c(COc2ccc(-c3nc4cc(C(=O)O)ccc4n3C3CCCCC3)c(F)c2)c1. The average Bonchev–Trinajstić information content (AvgIpc) is 1.60. The van der Waals surface area contributed by atoms with Crippen LogP contribution in [0.2, 0.25) is 5.02 Å². The minimum absolute atomic E-state index is 0.0103. The fourth-order valence-corrected chi connectivity index (χ4v) is 15.3. The van der Waals surface area contributed by atoms with Gasteiger partial charge in [-0.15, -0.1) is 15.3 Å². The number of fused-ring (bicyclic) bond motifs is 2. The minimum Gasteiger partial charge on any atom is -0.493 e. The normalized spacial score (nSPS) is 21.7. The number of halogens is 2. The highest BCUT2D eigenvalue weighted by Crippen LogP contribution is 2.41. The zero-order chi connectivity index (χ0) is 92.3. The van der Waals surface area contributed by atoms with E-state index in [1.54, 1.807) is 91.4 Å². The van der Waals surface area contributed by atoms with Gasteiger partial charge in [0.25, 0.3) is 17.7 Å². The van der Waals surface area contributed by atoms with Gasteiger partial charge < -0.3 is 126 Å². The number of imidazole rings is 2. The number of carbonyl (C=O) groups is 6. The van der Waals surface area contributed by atoms with E-state index in [9.17, 15) is 74.7 Å². The number of carboxylic acid groups (broad SMARTS) is 3. The molecule has 43 nitrogen and oxygen atoms in total. The molecule has 13 atom stereocenters. The van der Waals surface area contributed by atoms with E-state index >= 15 is 4.39 Å². The number of carbonyl (C=O) groups excluding carboxylic acids is 3. The highest BCUT2D eigenvalue weighted by molar-refractivity contribution is 6.30. The number of primary amides is 2. The molecule has 129 heavy (non-hydrogen) atoms. The van der Waals surface area contributed by atoms with Gasteiger partial charge in [0.1, 0.15) is 97.7 Å². The summed E-state index contributed by atoms with van der Waals surface area (Å²) in [4.78, 5) is 90.3. The number of aliphatic hydroxyl groups excluding tert-OH is 9. The number of ether oxygens (including phenoxy) is 6. The number of aliphatic carboxylic acids is 1. The summed E-state index contributed by atoms with van der Waals surface area (Å²) in [7, 11) is 3.05. The molecule has 1 unspecified atom stereocenters. The van der Waals surface area contributed by atoms with E-state index in [1.165, 1.54) is 58.0 Å². The number of aromatic carboxylic acids is 2. The van der Waals surface area contributed by atoms with Crippen molar-refractivity contribution in [2.75, 3.05) is 14.2 Å². The number of furan rings is 1. The molecule has 9 heterocycles. The van der Waals surface area contributed by atoms with Crippen LogP contribution in [0.3, 0.4) is 0 Å². The first-order valence-electron chi connectivity index (χ1n) is 40.1. The molecule has 5 fully saturated rings. The molecule has 5 aliphatic rings. The summed E-state index contributed by atoms with van der Waals surface area (Å²) in [5, 5.41) is 134. The van der Waals surface area contributed by atoms with Crippen molar-refractivity contribution in [3.05, 3.63) is 209 Å². The topological polar surface area (TPSA) is 655 Å². The van der Waals surface area contributed by atoms with Crippen LogP contribution in [0.25, 0.3) is 56.0 Å². The fourth-order valence-electron chi connectivity index (χ4n) is 15.2. The lowest BCUT2D eigenvalue weighted by atomic mass is 9.94. The van der Waals surface area contributed by atoms with Crippen molar-refractivity contribution in [1.82, 2.24) is 68.7 Å². The molecule has 6 aromatic heterocycles. The number of nitrogens with one attached hydrogen (secondary N) is 2. The van der Waals surface area contributed by atoms with E-state index in [2.05, 4.69) is 44.7 Å². The smallest absolute Gasteiger partial charge is 0.335 e. The van der Waals surface area contributed by atoms with Crippen molar-refractivity contribution in [3.8, 4) is 51.2 Å². The maximum Gasteiger partial charge on any atom is 0.335 e. The molecule has 0 radical (unpaired) electrons. The van der Waals surface area contributed by atoms with E-state index < -0.39 is 122 Å². The third-order valence-corrected chi connectivity index (χ3v) is 22.0. The first-order valence-corrected chi connectivity index (χ1v) is 40.5. The van der Waals surface area contributed by atoms with Crippen molar-refractivity contribution in [1.29, 1.82) is 5.41 Å². The number of aromatic nitrogens is 13. The molecule has 45 heteroatoms. The second kappa shape index (κ2) is 41.0. The Balaban J connectivity index is 0.000000148. The molecule has 6 aromatic carbocycles. The van der Waals surface area contributed by atoms with Gasteiger partial charge >= 0.3 is 17.9 Å². The summed E-state index contributed by atoms with van der Waals surface area (Å²) in [6, 6.07) is 33.2. The Morgan fingerprint density at radius 2 is 1.01 bits per heavy atom. The lowest BCUT2D eigenvalue weighted by molar-refractivity contribution is -0.144. The number of carboxylic acids is 3. The van der Waals surface area contributed by atoms with Crippen molar-refractivity contribution in [3.63, 3.8) is 0 Å². The summed E-state index contributed by atoms with van der Waals surface area (Å²) >= 11 is 6.05. The Labute approximate surface area is 734 Å². The third-order valence-electron chi connectivity index (χ3n) is 21.8. The van der Waals surface area contributed by atoms with Gasteiger partial charge in [-0.1, -0.05) is 74.4 Å². The molecule has 3 amide bonds. The van der Waals surface area contributed by atoms with Crippen molar-refractivity contribution >= 4 is 75.1 Å². The maximum absolute atomic E-state index is 15.8. The van der Waals surface area contributed by atoms with Gasteiger partial charge in [0.2, 0.25) is 17.5 Å². The molecule has 12 aromatic rings. The van der Waals surface area contributed by atoms with Crippen LogP contribution in [0.4, 0.5) is 4.39 Å². The first-order chi connectivity index (χ1) is 61.8. The van der Waals surface area contributed by atoms with Crippen LogP contribution in [0.15, 0.2) is 157 Å². The van der Waals surface area contributed by atoms with Crippen LogP contribution in [-0.4, -0.2) is 242 Å². The number of hydrogen-bond donors (Lipinski definition) is 17. The third kappa shape index (κ3) is 21.3. The Morgan fingerprint density at radius 1 is 0.535 bits per heavy atom. The largest absolute Gasteiger partial charge is 0.493 e. The number of amides is 3. The molecule has 2 saturated carbocycles. The zero-order valence-electron chi connectivity index (χ0n) is 68.6. The lowest BCUT2D eigenvalue weighted by Gasteiger charge is -2.25. The average molecular weight is 1810 g/mol. The zero-order valence-corrected chi connectivity index (χ0v) is 69.3. The highest BCUT2D eigenvalue weighted by atomic mass is 35.5. The van der Waals surface area contributed by atoms with Crippen LogP contribution >= 0.6 is 11.6 Å². The molecule has 0 spiro atoms. The molecule has 20 N–H and O–H groups in total. The predicted octanol–water partition coefficient (Wildman–Crippen LogP) is 4.91. The predicted molar refractivity (Wildman–Crippen MR) is 447 cm³/mol. The minimum atomic E-state index is -1.51. The molecule has 0 bridgehead atoms. The van der Waals surface area contributed by atoms with E-state index in [-0.39, 0.29) is 59.3 Å². The van der Waals surface area contributed by atoms with Crippen molar-refractivity contribution < 1.29 is 127 Å². The van der Waals surface area contributed by atoms with Crippen LogP contribution in [0, 0.1) is 11.2 Å². The summed E-state index contributed by atoms with van der Waals surface area (Å²) in [5.41, 5.74) is 22.7. The molecule has 3 aliphatic heterocycles. The first kappa shape index (κ1) is 93.0. The molecular weight excluding hydrogens is 1720 g/mol. The van der Waals surface area contributed by atoms with Crippen molar-refractivity contribution in [2.24, 2.45) is 17.2 Å². The Kier molecular flexibility index (Phi) is 29.6. The number of benzene rings is 6. The van der Waals surface area contributed by atoms with Gasteiger partial charge in [-0.25, -0.2) is 57.7 Å².